The van der Waals surface area contributed by atoms with E-state index in [1.807, 2.05) is 25.1 Å². The summed E-state index contributed by atoms with van der Waals surface area (Å²) in [5.41, 5.74) is 9.89. The minimum Gasteiger partial charge on any atom is -0.494 e. The molecule has 2 atom stereocenters. The van der Waals surface area contributed by atoms with Crippen LogP contribution in [0, 0.1) is 0 Å². The number of carbonyl (C=O) groups excluding carboxylic acids is 1. The van der Waals surface area contributed by atoms with Crippen LogP contribution in [0.3, 0.4) is 0 Å². The molecule has 3 aromatic carbocycles. The maximum Gasteiger partial charge on any atom is 0.252 e. The average Bonchev–Trinajstić information content (AvgIpc) is 3.37. The van der Waals surface area contributed by atoms with Gasteiger partial charge in [-0.3, -0.25) is 4.79 Å². The Morgan fingerprint density at radius 2 is 1.93 bits per heavy atom. The highest BCUT2D eigenvalue weighted by atomic mass is 35.5. The van der Waals surface area contributed by atoms with Crippen molar-refractivity contribution < 1.29 is 19.4 Å². The molecule has 1 aliphatic rings. The van der Waals surface area contributed by atoms with Crippen molar-refractivity contribution in [2.75, 3.05) is 40.4 Å². The minimum atomic E-state index is -1.51. The zero-order valence-corrected chi connectivity index (χ0v) is 25.6. The highest BCUT2D eigenvalue weighted by molar-refractivity contribution is 6.35. The molecule has 0 unspecified atom stereocenters. The molecule has 4 rings (SSSR count). The number of rotatable bonds is 14. The third-order valence-corrected chi connectivity index (χ3v) is 7.51. The summed E-state index contributed by atoms with van der Waals surface area (Å²) >= 11 is 12.9. The Labute approximate surface area is 260 Å². The minimum absolute atomic E-state index is 0.0411. The van der Waals surface area contributed by atoms with E-state index >= 15 is 0 Å². The number of aliphatic hydroxyl groups excluding tert-OH is 1. The fourth-order valence-corrected chi connectivity index (χ4v) is 5.33. The molecule has 226 valence electrons. The van der Waals surface area contributed by atoms with Gasteiger partial charge in [-0.1, -0.05) is 58.6 Å². The maximum atomic E-state index is 14.3. The predicted molar refractivity (Wildman–Crippen MR) is 168 cm³/mol. The van der Waals surface area contributed by atoms with E-state index < -0.39 is 11.6 Å². The second-order valence-electron chi connectivity index (χ2n) is 10.4. The summed E-state index contributed by atoms with van der Waals surface area (Å²) in [6.45, 7) is 1.63. The van der Waals surface area contributed by atoms with Gasteiger partial charge in [0.1, 0.15) is 5.75 Å². The van der Waals surface area contributed by atoms with Crippen LogP contribution in [0.1, 0.15) is 35.6 Å². The Kier molecular flexibility index (Phi) is 11.3. The third kappa shape index (κ3) is 7.98. The lowest BCUT2D eigenvalue weighted by Gasteiger charge is -2.31. The second-order valence-corrected chi connectivity index (χ2v) is 11.2. The summed E-state index contributed by atoms with van der Waals surface area (Å²) in [6, 6.07) is 19.3. The average molecular weight is 626 g/mol. The first-order valence-corrected chi connectivity index (χ1v) is 14.6. The van der Waals surface area contributed by atoms with Crippen LogP contribution < -0.4 is 10.1 Å². The van der Waals surface area contributed by atoms with Gasteiger partial charge in [-0.15, -0.1) is 0 Å². The summed E-state index contributed by atoms with van der Waals surface area (Å²) in [7, 11) is 3.94. The topological polar surface area (TPSA) is 132 Å². The van der Waals surface area contributed by atoms with Gasteiger partial charge in [0.05, 0.1) is 6.61 Å². The molecular formula is C31H34Cl2N6O4. The van der Waals surface area contributed by atoms with Crippen molar-refractivity contribution in [1.82, 2.24) is 10.2 Å². The van der Waals surface area contributed by atoms with E-state index in [1.54, 1.807) is 60.7 Å². The van der Waals surface area contributed by atoms with Gasteiger partial charge in [0.2, 0.25) is 5.90 Å². The molecule has 0 fully saturated rings. The number of hydrogen-bond acceptors (Lipinski definition) is 7. The van der Waals surface area contributed by atoms with Gasteiger partial charge in [-0.25, -0.2) is 4.99 Å². The standard InChI is InChI=1S/C31H34Cl2N6O4/c1-39(2)16-5-15-35-30(41)31(20-22-7-3-4-8-27(22)37-38-34)28(25-14-11-23(32)19-26(25)33)43-29(36-31)21-9-12-24(13-10-21)42-18-6-17-40/h3-4,7-14,19,28,40H,5-6,15-18,20H2,1-2H3,(H,35,41)/t28-,31-/m1/s1. The van der Waals surface area contributed by atoms with Crippen molar-refractivity contribution in [3.63, 3.8) is 0 Å². The van der Waals surface area contributed by atoms with E-state index in [0.29, 0.717) is 57.7 Å². The van der Waals surface area contributed by atoms with Crippen LogP contribution in [0.2, 0.25) is 10.0 Å². The number of halogens is 2. The number of carbonyl (C=O) groups is 1. The van der Waals surface area contributed by atoms with Crippen LogP contribution in [-0.4, -0.2) is 67.7 Å². The van der Waals surface area contributed by atoms with Crippen molar-refractivity contribution in [2.24, 2.45) is 10.1 Å². The first kappa shape index (κ1) is 32.1. The molecule has 0 saturated heterocycles. The van der Waals surface area contributed by atoms with Crippen LogP contribution in [0.15, 0.2) is 76.8 Å². The Bertz CT molecular complexity index is 1490. The highest BCUT2D eigenvalue weighted by Gasteiger charge is 2.54. The third-order valence-electron chi connectivity index (χ3n) is 6.95. The molecule has 43 heavy (non-hydrogen) atoms. The summed E-state index contributed by atoms with van der Waals surface area (Å²) in [4.78, 5) is 24.3. The number of aliphatic imine (C=N–C) groups is 1. The molecule has 12 heteroatoms. The number of aliphatic hydroxyl groups is 1. The SMILES string of the molecule is CN(C)CCCNC(=O)[C@]1(Cc2ccccc2N=[N+]=[N-])N=C(c2ccc(OCCCO)cc2)O[C@@H]1c1ccc(Cl)cc1Cl. The molecule has 1 aliphatic heterocycles. The van der Waals surface area contributed by atoms with E-state index in [9.17, 15) is 10.3 Å². The molecule has 1 heterocycles. The monoisotopic (exact) mass is 624 g/mol. The normalized spacial score (nSPS) is 17.6. The zero-order valence-electron chi connectivity index (χ0n) is 24.0. The zero-order chi connectivity index (χ0) is 30.8. The number of azide groups is 1. The van der Waals surface area contributed by atoms with Crippen LogP contribution in [0.25, 0.3) is 10.4 Å². The fourth-order valence-electron chi connectivity index (χ4n) is 4.82. The van der Waals surface area contributed by atoms with Gasteiger partial charge in [0.25, 0.3) is 5.91 Å². The van der Waals surface area contributed by atoms with E-state index in [0.717, 1.165) is 13.0 Å². The number of nitrogens with one attached hydrogen (secondary N) is 1. The van der Waals surface area contributed by atoms with Crippen molar-refractivity contribution in [3.8, 4) is 5.75 Å². The molecule has 0 bridgehead atoms. The van der Waals surface area contributed by atoms with Crippen molar-refractivity contribution in [3.05, 3.63) is 104 Å². The first-order valence-electron chi connectivity index (χ1n) is 13.9. The molecule has 0 aliphatic carbocycles. The van der Waals surface area contributed by atoms with E-state index in [4.69, 9.17) is 42.8 Å². The first-order chi connectivity index (χ1) is 20.8. The molecule has 10 nitrogen and oxygen atoms in total. The Balaban J connectivity index is 1.81. The summed E-state index contributed by atoms with van der Waals surface area (Å²) < 4.78 is 12.2. The smallest absolute Gasteiger partial charge is 0.252 e. The van der Waals surface area contributed by atoms with Crippen LogP contribution in [0.4, 0.5) is 5.69 Å². The summed E-state index contributed by atoms with van der Waals surface area (Å²) in [5, 5.41) is 16.7. The fraction of sp³-hybridized carbons (Fsp3) is 0.355. The van der Waals surface area contributed by atoms with Gasteiger partial charge >= 0.3 is 0 Å². The summed E-state index contributed by atoms with van der Waals surface area (Å²) in [5.74, 6) is 0.529. The molecular weight excluding hydrogens is 591 g/mol. The van der Waals surface area contributed by atoms with Crippen molar-refractivity contribution >= 4 is 40.7 Å². The van der Waals surface area contributed by atoms with Crippen molar-refractivity contribution in [1.29, 1.82) is 0 Å². The second kappa shape index (κ2) is 15.1. The number of nitrogens with zero attached hydrogens (tertiary/aromatic N) is 5. The van der Waals surface area contributed by atoms with Gasteiger partial charge < -0.3 is 24.8 Å². The lowest BCUT2D eigenvalue weighted by atomic mass is 9.81. The van der Waals surface area contributed by atoms with E-state index in [-0.39, 0.29) is 24.8 Å². The van der Waals surface area contributed by atoms with Gasteiger partial charge in [0.15, 0.2) is 11.6 Å². The molecule has 0 aromatic heterocycles. The number of benzene rings is 3. The Morgan fingerprint density at radius 1 is 1.16 bits per heavy atom. The van der Waals surface area contributed by atoms with Crippen LogP contribution >= 0.6 is 23.2 Å². The molecule has 1 amide bonds. The summed E-state index contributed by atoms with van der Waals surface area (Å²) in [6.07, 6.45) is 0.383. The molecule has 2 N–H and O–H groups in total. The number of ether oxygens (including phenoxy) is 2. The lowest BCUT2D eigenvalue weighted by molar-refractivity contribution is -0.128. The largest absolute Gasteiger partial charge is 0.494 e. The molecule has 0 saturated carbocycles. The molecule has 0 radical (unpaired) electrons. The van der Waals surface area contributed by atoms with Gasteiger partial charge in [-0.2, -0.15) is 0 Å². The Hall–Kier alpha value is -3.79. The lowest BCUT2D eigenvalue weighted by Crippen LogP contribution is -2.50. The molecule has 3 aromatic rings. The molecule has 0 spiro atoms. The van der Waals surface area contributed by atoms with Crippen LogP contribution in [-0.2, 0) is 16.0 Å². The highest BCUT2D eigenvalue weighted by Crippen LogP contribution is 2.46. The predicted octanol–water partition coefficient (Wildman–Crippen LogP) is 6.26. The van der Waals surface area contributed by atoms with Crippen LogP contribution in [0.5, 0.6) is 5.75 Å². The number of amides is 1. The van der Waals surface area contributed by atoms with Crippen molar-refractivity contribution in [2.45, 2.75) is 30.9 Å². The maximum absolute atomic E-state index is 14.3. The quantitative estimate of drug-likeness (QED) is 0.0944. The van der Waals surface area contributed by atoms with E-state index in [2.05, 4.69) is 15.3 Å². The van der Waals surface area contributed by atoms with E-state index in [1.165, 1.54) is 0 Å². The van der Waals surface area contributed by atoms with Gasteiger partial charge in [0, 0.05) is 57.8 Å². The number of hydrogen-bond donors (Lipinski definition) is 2. The Morgan fingerprint density at radius 3 is 2.63 bits per heavy atom. The van der Waals surface area contributed by atoms with Gasteiger partial charge in [-0.05, 0) is 74.6 Å².